The van der Waals surface area contributed by atoms with Crippen molar-refractivity contribution in [2.45, 2.75) is 12.3 Å². The van der Waals surface area contributed by atoms with E-state index >= 15 is 0 Å². The molecule has 0 spiro atoms. The molecule has 0 radical (unpaired) electrons. The SMILES string of the molecule is c1ccc2c(c1)Oc1cccc3c1C2CNCC3. The lowest BCUT2D eigenvalue weighted by molar-refractivity contribution is 0.443. The summed E-state index contributed by atoms with van der Waals surface area (Å²) in [5.74, 6) is 2.49. The molecule has 2 aliphatic rings. The number of nitrogens with one attached hydrogen (secondary N) is 1. The highest BCUT2D eigenvalue weighted by molar-refractivity contribution is 5.56. The van der Waals surface area contributed by atoms with Crippen LogP contribution in [-0.2, 0) is 6.42 Å². The summed E-state index contributed by atoms with van der Waals surface area (Å²) in [7, 11) is 0. The molecule has 0 saturated heterocycles. The predicted octanol–water partition coefficient (Wildman–Crippen LogP) is 3.07. The fraction of sp³-hybridized carbons (Fsp3) is 0.250. The summed E-state index contributed by atoms with van der Waals surface area (Å²) in [6.45, 7) is 2.06. The van der Waals surface area contributed by atoms with E-state index in [0.717, 1.165) is 31.0 Å². The van der Waals surface area contributed by atoms with Gasteiger partial charge in [-0.05, 0) is 30.7 Å². The van der Waals surface area contributed by atoms with Crippen molar-refractivity contribution in [3.63, 3.8) is 0 Å². The summed E-state index contributed by atoms with van der Waals surface area (Å²) in [5.41, 5.74) is 4.13. The highest BCUT2D eigenvalue weighted by Crippen LogP contribution is 2.45. The second-order valence-corrected chi connectivity index (χ2v) is 4.98. The number of ether oxygens (including phenoxy) is 1. The molecule has 1 atom stereocenters. The average Bonchev–Trinajstić information content (AvgIpc) is 2.63. The van der Waals surface area contributed by atoms with E-state index in [2.05, 4.69) is 41.7 Å². The van der Waals surface area contributed by atoms with Gasteiger partial charge in [0.25, 0.3) is 0 Å². The molecule has 0 aromatic heterocycles. The molecular weight excluding hydrogens is 222 g/mol. The van der Waals surface area contributed by atoms with E-state index in [9.17, 15) is 0 Å². The molecule has 0 fully saturated rings. The maximum Gasteiger partial charge on any atom is 0.131 e. The summed E-state index contributed by atoms with van der Waals surface area (Å²) >= 11 is 0. The molecular formula is C16H15NO. The number of fused-ring (bicyclic) bond motifs is 2. The third-order valence-corrected chi connectivity index (χ3v) is 3.94. The van der Waals surface area contributed by atoms with Gasteiger partial charge in [0.15, 0.2) is 0 Å². The maximum absolute atomic E-state index is 6.05. The van der Waals surface area contributed by atoms with Crippen LogP contribution in [0.25, 0.3) is 0 Å². The van der Waals surface area contributed by atoms with Crippen LogP contribution in [0.1, 0.15) is 22.6 Å². The molecule has 2 aliphatic heterocycles. The molecule has 4 rings (SSSR count). The smallest absolute Gasteiger partial charge is 0.131 e. The van der Waals surface area contributed by atoms with Crippen LogP contribution < -0.4 is 10.1 Å². The van der Waals surface area contributed by atoms with E-state index in [0.29, 0.717) is 5.92 Å². The summed E-state index contributed by atoms with van der Waals surface area (Å²) in [6, 6.07) is 14.8. The van der Waals surface area contributed by atoms with Gasteiger partial charge in [-0.3, -0.25) is 0 Å². The van der Waals surface area contributed by atoms with Crippen molar-refractivity contribution in [2.75, 3.05) is 13.1 Å². The Morgan fingerprint density at radius 3 is 2.89 bits per heavy atom. The fourth-order valence-electron chi connectivity index (χ4n) is 3.11. The van der Waals surface area contributed by atoms with Crippen LogP contribution >= 0.6 is 0 Å². The van der Waals surface area contributed by atoms with E-state index in [4.69, 9.17) is 4.74 Å². The highest BCUT2D eigenvalue weighted by atomic mass is 16.5. The first kappa shape index (κ1) is 10.2. The normalized spacial score (nSPS) is 20.3. The van der Waals surface area contributed by atoms with Crippen molar-refractivity contribution in [3.05, 3.63) is 59.2 Å². The Kier molecular flexibility index (Phi) is 2.17. The minimum Gasteiger partial charge on any atom is -0.457 e. The Labute approximate surface area is 107 Å². The van der Waals surface area contributed by atoms with Crippen LogP contribution in [0.15, 0.2) is 42.5 Å². The van der Waals surface area contributed by atoms with Gasteiger partial charge in [-0.2, -0.15) is 0 Å². The predicted molar refractivity (Wildman–Crippen MR) is 71.4 cm³/mol. The van der Waals surface area contributed by atoms with Gasteiger partial charge in [-0.1, -0.05) is 30.3 Å². The zero-order valence-corrected chi connectivity index (χ0v) is 10.1. The number of benzene rings is 2. The number of hydrogen-bond donors (Lipinski definition) is 1. The highest BCUT2D eigenvalue weighted by Gasteiger charge is 2.30. The van der Waals surface area contributed by atoms with Crippen LogP contribution in [0.4, 0.5) is 0 Å². The summed E-state index contributed by atoms with van der Waals surface area (Å²) in [4.78, 5) is 0. The summed E-state index contributed by atoms with van der Waals surface area (Å²) < 4.78 is 6.05. The Hall–Kier alpha value is -1.80. The molecule has 0 aliphatic carbocycles. The molecule has 1 unspecified atom stereocenters. The second kappa shape index (κ2) is 3.85. The van der Waals surface area contributed by atoms with Gasteiger partial charge in [-0.25, -0.2) is 0 Å². The lowest BCUT2D eigenvalue weighted by atomic mass is 9.85. The average molecular weight is 237 g/mol. The molecule has 2 heterocycles. The van der Waals surface area contributed by atoms with E-state index < -0.39 is 0 Å². The molecule has 2 aromatic carbocycles. The monoisotopic (exact) mass is 237 g/mol. The molecule has 2 aromatic rings. The van der Waals surface area contributed by atoms with Gasteiger partial charge >= 0.3 is 0 Å². The molecule has 0 bridgehead atoms. The number of para-hydroxylation sites is 1. The molecule has 90 valence electrons. The van der Waals surface area contributed by atoms with E-state index in [1.165, 1.54) is 16.7 Å². The third-order valence-electron chi connectivity index (χ3n) is 3.94. The van der Waals surface area contributed by atoms with Crippen LogP contribution in [0.5, 0.6) is 11.5 Å². The number of rotatable bonds is 0. The van der Waals surface area contributed by atoms with E-state index in [-0.39, 0.29) is 0 Å². The van der Waals surface area contributed by atoms with Crippen molar-refractivity contribution in [1.29, 1.82) is 0 Å². The molecule has 2 nitrogen and oxygen atoms in total. The van der Waals surface area contributed by atoms with Crippen molar-refractivity contribution >= 4 is 0 Å². The fourth-order valence-corrected chi connectivity index (χ4v) is 3.11. The Morgan fingerprint density at radius 1 is 1.00 bits per heavy atom. The Bertz CT molecular complexity index is 606. The van der Waals surface area contributed by atoms with Crippen LogP contribution in [0.3, 0.4) is 0 Å². The third kappa shape index (κ3) is 1.39. The maximum atomic E-state index is 6.05. The molecule has 0 saturated carbocycles. The molecule has 2 heteroatoms. The molecule has 0 amide bonds. The molecule has 1 N–H and O–H groups in total. The van der Waals surface area contributed by atoms with Crippen LogP contribution in [-0.4, -0.2) is 13.1 Å². The summed E-state index contributed by atoms with van der Waals surface area (Å²) in [6.07, 6.45) is 1.09. The lowest BCUT2D eigenvalue weighted by Crippen LogP contribution is -2.22. The van der Waals surface area contributed by atoms with Crippen molar-refractivity contribution < 1.29 is 4.74 Å². The Balaban J connectivity index is 1.97. The van der Waals surface area contributed by atoms with Gasteiger partial charge in [0, 0.05) is 23.6 Å². The van der Waals surface area contributed by atoms with Gasteiger partial charge in [0.1, 0.15) is 11.5 Å². The zero-order valence-electron chi connectivity index (χ0n) is 10.1. The van der Waals surface area contributed by atoms with Crippen molar-refractivity contribution in [3.8, 4) is 11.5 Å². The largest absolute Gasteiger partial charge is 0.457 e. The summed E-state index contributed by atoms with van der Waals surface area (Å²) in [5, 5.41) is 3.54. The van der Waals surface area contributed by atoms with Gasteiger partial charge < -0.3 is 10.1 Å². The standard InChI is InChI=1S/C16H15NO/c1-2-6-14-12(5-1)13-10-17-9-8-11-4-3-7-15(18-14)16(11)13/h1-7,13,17H,8-10H2. The minimum atomic E-state index is 0.434. The van der Waals surface area contributed by atoms with E-state index in [1.807, 2.05) is 6.07 Å². The van der Waals surface area contributed by atoms with Crippen molar-refractivity contribution in [2.24, 2.45) is 0 Å². The topological polar surface area (TPSA) is 21.3 Å². The second-order valence-electron chi connectivity index (χ2n) is 4.98. The number of hydrogen-bond acceptors (Lipinski definition) is 2. The first-order chi connectivity index (χ1) is 8.93. The van der Waals surface area contributed by atoms with Crippen LogP contribution in [0, 0.1) is 0 Å². The first-order valence-electron chi connectivity index (χ1n) is 6.53. The Morgan fingerprint density at radius 2 is 1.89 bits per heavy atom. The molecule has 18 heavy (non-hydrogen) atoms. The zero-order chi connectivity index (χ0) is 11.9. The van der Waals surface area contributed by atoms with Gasteiger partial charge in [0.2, 0.25) is 0 Å². The van der Waals surface area contributed by atoms with Gasteiger partial charge in [0.05, 0.1) is 0 Å². The first-order valence-corrected chi connectivity index (χ1v) is 6.53. The van der Waals surface area contributed by atoms with E-state index in [1.54, 1.807) is 0 Å². The lowest BCUT2D eigenvalue weighted by Gasteiger charge is -2.28. The van der Waals surface area contributed by atoms with Crippen molar-refractivity contribution in [1.82, 2.24) is 5.32 Å². The van der Waals surface area contributed by atoms with Gasteiger partial charge in [-0.15, -0.1) is 0 Å². The minimum absolute atomic E-state index is 0.434. The van der Waals surface area contributed by atoms with Crippen LogP contribution in [0.2, 0.25) is 0 Å². The quantitative estimate of drug-likeness (QED) is 0.760.